The molecule has 3 heterocycles. The first-order valence-corrected chi connectivity index (χ1v) is 20.2. The van der Waals surface area contributed by atoms with E-state index in [1.54, 1.807) is 68.6 Å². The number of nitrogens with one attached hydrogen (secondary N) is 2. The van der Waals surface area contributed by atoms with Crippen LogP contribution >= 0.6 is 7.75 Å². The molecule has 18 nitrogen and oxygen atoms in total. The van der Waals surface area contributed by atoms with Crippen molar-refractivity contribution in [1.82, 2.24) is 25.0 Å². The number of hydrogen-bond donors (Lipinski definition) is 3. The quantitative estimate of drug-likeness (QED) is 0.0681. The molecule has 19 heteroatoms. The lowest BCUT2D eigenvalue weighted by Crippen LogP contribution is -2.44. The highest BCUT2D eigenvalue weighted by Gasteiger charge is 2.51. The number of amides is 1. The lowest BCUT2D eigenvalue weighted by Gasteiger charge is -2.32. The van der Waals surface area contributed by atoms with Crippen LogP contribution in [-0.4, -0.2) is 82.2 Å². The van der Waals surface area contributed by atoms with Crippen LogP contribution in [0.25, 0.3) is 5.52 Å². The molecule has 1 aliphatic rings. The van der Waals surface area contributed by atoms with Crippen molar-refractivity contribution in [3.8, 4) is 5.75 Å². The molecular weight excluding hydrogens is 775 g/mol. The predicted octanol–water partition coefficient (Wildman–Crippen LogP) is 5.00. The molecule has 1 unspecified atom stereocenters. The Bertz CT molecular complexity index is 2100. The van der Waals surface area contributed by atoms with E-state index in [4.69, 9.17) is 38.5 Å². The van der Waals surface area contributed by atoms with E-state index in [-0.39, 0.29) is 37.4 Å². The number of ether oxygens (including phenoxy) is 5. The molecular formula is C39H49N6O12P. The molecule has 2 aromatic carbocycles. The summed E-state index contributed by atoms with van der Waals surface area (Å²) in [6, 6.07) is 16.5. The van der Waals surface area contributed by atoms with Crippen LogP contribution in [0.4, 0.5) is 10.6 Å². The van der Waals surface area contributed by atoms with Crippen LogP contribution in [0.2, 0.25) is 0 Å². The fourth-order valence-electron chi connectivity index (χ4n) is 6.06. The molecule has 4 N–H and O–H groups in total. The smallest absolute Gasteiger partial charge is 0.459 e. The average Bonchev–Trinajstić information content (AvgIpc) is 3.78. The van der Waals surface area contributed by atoms with E-state index < -0.39 is 74.4 Å². The Morgan fingerprint density at radius 3 is 2.41 bits per heavy atom. The van der Waals surface area contributed by atoms with Gasteiger partial charge in [0.1, 0.15) is 54.1 Å². The summed E-state index contributed by atoms with van der Waals surface area (Å²) in [5.41, 5.74) is 7.19. The number of carbonyl (C=O) groups is 4. The maximum absolute atomic E-state index is 14.6. The summed E-state index contributed by atoms with van der Waals surface area (Å²) in [6.45, 7) is 7.68. The molecule has 5 rings (SSSR count). The van der Waals surface area contributed by atoms with Crippen LogP contribution in [0, 0.1) is 0 Å². The van der Waals surface area contributed by atoms with Crippen molar-refractivity contribution in [3.63, 3.8) is 0 Å². The number of anilines is 1. The van der Waals surface area contributed by atoms with Gasteiger partial charge in [0.25, 0.3) is 0 Å². The number of methoxy groups -OCH3 is 1. The largest absolute Gasteiger partial charge is 0.467 e. The maximum Gasteiger partial charge on any atom is 0.459 e. The average molecular weight is 825 g/mol. The first-order chi connectivity index (χ1) is 27.6. The number of nitrogens with two attached hydrogens (primary N) is 1. The number of alkyl carbamates (subject to hydrolysis) is 1. The van der Waals surface area contributed by atoms with Crippen LogP contribution in [-0.2, 0) is 60.2 Å². The molecule has 1 saturated heterocycles. The number of carbonyl (C=O) groups excluding carboxylic acids is 4. The van der Waals surface area contributed by atoms with Crippen molar-refractivity contribution in [2.75, 3.05) is 19.5 Å². The molecule has 6 atom stereocenters. The lowest BCUT2D eigenvalue weighted by atomic mass is 9.99. The highest BCUT2D eigenvalue weighted by molar-refractivity contribution is 7.52. The van der Waals surface area contributed by atoms with Gasteiger partial charge in [-0.15, -0.1) is 0 Å². The molecule has 2 aromatic heterocycles. The second kappa shape index (κ2) is 19.3. The summed E-state index contributed by atoms with van der Waals surface area (Å²) < 4.78 is 55.9. The van der Waals surface area contributed by atoms with Crippen molar-refractivity contribution < 1.29 is 56.5 Å². The van der Waals surface area contributed by atoms with Gasteiger partial charge in [0.15, 0.2) is 5.82 Å². The summed E-state index contributed by atoms with van der Waals surface area (Å²) in [6.07, 6.45) is -1.17. The number of nitrogen functional groups attached to an aromatic ring is 1. The number of benzene rings is 2. The monoisotopic (exact) mass is 824 g/mol. The number of fused-ring (bicyclic) bond motifs is 1. The van der Waals surface area contributed by atoms with Crippen molar-refractivity contribution in [2.45, 2.75) is 96.5 Å². The normalized spacial score (nSPS) is 19.8. The first kappa shape index (κ1) is 43.6. The lowest BCUT2D eigenvalue weighted by molar-refractivity contribution is -0.161. The van der Waals surface area contributed by atoms with Crippen LogP contribution in [0.3, 0.4) is 0 Å². The standard InChI is InChI=1S/C39H49N6O12P/c1-7-34(46)55-33-20-32(30-17-18-31-35(40)41-23-42-45(30)31)56-39(33,5)22-53-58(50,44-25(4)36(47)54-24(2)3)57-28-15-13-26(14-16-28)19-29(37(48)51-6)43-38(49)52-21-27-11-9-8-10-12-27/h8-18,23-25,29,32-33H,7,19-22H2,1-6H3,(H,43,49)(H,44,50)(H2,40,41,42)/t25-,29-,32+,33-,39+,58?/m0/s1. The molecule has 1 amide bonds. The van der Waals surface area contributed by atoms with Gasteiger partial charge in [-0.1, -0.05) is 49.4 Å². The number of rotatable bonds is 18. The van der Waals surface area contributed by atoms with Crippen molar-refractivity contribution in [3.05, 3.63) is 89.9 Å². The molecule has 0 saturated carbocycles. The summed E-state index contributed by atoms with van der Waals surface area (Å²) in [5, 5.41) is 9.49. The van der Waals surface area contributed by atoms with E-state index in [0.29, 0.717) is 16.8 Å². The Labute approximate surface area is 335 Å². The van der Waals surface area contributed by atoms with Crippen molar-refractivity contribution >= 4 is 43.1 Å². The number of hydrogen-bond acceptors (Lipinski definition) is 15. The van der Waals surface area contributed by atoms with Crippen LogP contribution in [0.15, 0.2) is 73.1 Å². The Morgan fingerprint density at radius 1 is 1.02 bits per heavy atom. The summed E-state index contributed by atoms with van der Waals surface area (Å²) in [7, 11) is -3.26. The van der Waals surface area contributed by atoms with E-state index in [1.807, 2.05) is 18.2 Å². The van der Waals surface area contributed by atoms with Gasteiger partial charge in [0.05, 0.1) is 25.5 Å². The van der Waals surface area contributed by atoms with Gasteiger partial charge in [0.2, 0.25) is 0 Å². The van der Waals surface area contributed by atoms with Gasteiger partial charge >= 0.3 is 31.7 Å². The van der Waals surface area contributed by atoms with Crippen molar-refractivity contribution in [2.24, 2.45) is 0 Å². The first-order valence-electron chi connectivity index (χ1n) is 18.6. The predicted molar refractivity (Wildman–Crippen MR) is 208 cm³/mol. The topological polar surface area (TPSA) is 230 Å². The summed E-state index contributed by atoms with van der Waals surface area (Å²) in [5.74, 6) is -1.56. The summed E-state index contributed by atoms with van der Waals surface area (Å²) >= 11 is 0. The van der Waals surface area contributed by atoms with E-state index in [1.165, 1.54) is 32.5 Å². The van der Waals surface area contributed by atoms with Crippen LogP contribution in [0.5, 0.6) is 5.75 Å². The van der Waals surface area contributed by atoms with E-state index in [9.17, 15) is 23.7 Å². The van der Waals surface area contributed by atoms with Gasteiger partial charge in [-0.3, -0.25) is 14.1 Å². The van der Waals surface area contributed by atoms with Gasteiger partial charge in [-0.05, 0) is 63.1 Å². The Hall–Kier alpha value is -5.55. The highest BCUT2D eigenvalue weighted by atomic mass is 31.2. The molecule has 4 aromatic rings. The SMILES string of the molecule is CCC(=O)O[C@H]1C[C@H](c2ccc3c(N)ncnn23)O[C@]1(C)COP(=O)(N[C@@H](C)C(=O)OC(C)C)Oc1ccc(C[C@H](NC(=O)OCc2ccccc2)C(=O)OC)cc1. The molecule has 0 spiro atoms. The Kier molecular flexibility index (Phi) is 14.5. The minimum atomic E-state index is -4.46. The van der Waals surface area contributed by atoms with Gasteiger partial charge < -0.3 is 39.3 Å². The third kappa shape index (κ3) is 11.3. The molecule has 312 valence electrons. The van der Waals surface area contributed by atoms with E-state index >= 15 is 0 Å². The molecule has 58 heavy (non-hydrogen) atoms. The number of nitrogens with zero attached hydrogens (tertiary/aromatic N) is 3. The maximum atomic E-state index is 14.6. The van der Waals surface area contributed by atoms with E-state index in [0.717, 1.165) is 5.56 Å². The van der Waals surface area contributed by atoms with Gasteiger partial charge in [-0.2, -0.15) is 10.2 Å². The minimum Gasteiger partial charge on any atom is -0.467 e. The molecule has 1 aliphatic heterocycles. The van der Waals surface area contributed by atoms with Gasteiger partial charge in [-0.25, -0.2) is 23.7 Å². The van der Waals surface area contributed by atoms with Crippen LogP contribution < -0.4 is 20.7 Å². The zero-order chi connectivity index (χ0) is 42.0. The van der Waals surface area contributed by atoms with Crippen LogP contribution in [0.1, 0.15) is 70.4 Å². The second-order valence-corrected chi connectivity index (χ2v) is 15.7. The second-order valence-electron chi connectivity index (χ2n) is 14.0. The Balaban J connectivity index is 1.33. The molecule has 0 bridgehead atoms. The van der Waals surface area contributed by atoms with E-state index in [2.05, 4.69) is 20.5 Å². The fraction of sp³-hybridized carbons (Fsp3) is 0.436. The zero-order valence-electron chi connectivity index (χ0n) is 33.1. The fourth-order valence-corrected chi connectivity index (χ4v) is 7.65. The third-order valence-corrected chi connectivity index (χ3v) is 10.7. The highest BCUT2D eigenvalue weighted by Crippen LogP contribution is 2.49. The molecule has 0 radical (unpaired) electrons. The molecule has 0 aliphatic carbocycles. The van der Waals surface area contributed by atoms with Crippen molar-refractivity contribution in [1.29, 1.82) is 0 Å². The number of aromatic nitrogens is 3. The molecule has 1 fully saturated rings. The number of esters is 3. The zero-order valence-corrected chi connectivity index (χ0v) is 34.0. The summed E-state index contributed by atoms with van der Waals surface area (Å²) in [4.78, 5) is 54.6. The third-order valence-electron chi connectivity index (χ3n) is 9.08. The Morgan fingerprint density at radius 2 is 1.74 bits per heavy atom. The van der Waals surface area contributed by atoms with Gasteiger partial charge in [0, 0.05) is 19.3 Å². The minimum absolute atomic E-state index is 0.00233.